The Morgan fingerprint density at radius 2 is 1.02 bits per heavy atom. The minimum Gasteiger partial charge on any atom is -0.455 e. The summed E-state index contributed by atoms with van der Waals surface area (Å²) < 4.78 is 12.4. The predicted octanol–water partition coefficient (Wildman–Crippen LogP) is 13.8. The molecule has 6 aromatic carbocycles. The molecule has 4 heterocycles. The number of fused-ring (bicyclic) bond motifs is 8. The molecule has 250 valence electrons. The fourth-order valence-electron chi connectivity index (χ4n) is 7.30. The minimum atomic E-state index is 0.509. The van der Waals surface area contributed by atoms with E-state index in [1.54, 1.807) is 0 Å². The van der Waals surface area contributed by atoms with Crippen LogP contribution in [-0.4, -0.2) is 9.97 Å². The van der Waals surface area contributed by atoms with Gasteiger partial charge in [-0.15, -0.1) is 0 Å². The zero-order valence-electron chi connectivity index (χ0n) is 29.4. The lowest BCUT2D eigenvalue weighted by atomic mass is 9.97. The topological polar surface area (TPSA) is 52.1 Å². The Kier molecular flexibility index (Phi) is 7.66. The van der Waals surface area contributed by atoms with Crippen molar-refractivity contribution < 1.29 is 8.83 Å². The highest BCUT2D eigenvalue weighted by Crippen LogP contribution is 2.39. The molecular weight excluding hydrogens is 637 g/mol. The number of para-hydroxylation sites is 4. The van der Waals surface area contributed by atoms with Crippen LogP contribution in [0.15, 0.2) is 161 Å². The van der Waals surface area contributed by atoms with E-state index in [9.17, 15) is 0 Å². The highest BCUT2D eigenvalue weighted by molar-refractivity contribution is 6.13. The van der Waals surface area contributed by atoms with Gasteiger partial charge in [-0.2, -0.15) is 0 Å². The van der Waals surface area contributed by atoms with Gasteiger partial charge in [0.1, 0.15) is 22.3 Å². The second kappa shape index (κ2) is 12.7. The van der Waals surface area contributed by atoms with Gasteiger partial charge in [0.2, 0.25) is 0 Å². The van der Waals surface area contributed by atoms with Crippen molar-refractivity contribution in [3.63, 3.8) is 0 Å². The molecule has 4 aromatic heterocycles. The van der Waals surface area contributed by atoms with Crippen molar-refractivity contribution >= 4 is 71.0 Å². The van der Waals surface area contributed by atoms with Crippen LogP contribution < -0.4 is 0 Å². The fourth-order valence-corrected chi connectivity index (χ4v) is 7.30. The molecule has 0 amide bonds. The second-order valence-electron chi connectivity index (χ2n) is 13.7. The quantitative estimate of drug-likeness (QED) is 0.187. The van der Waals surface area contributed by atoms with Gasteiger partial charge in [-0.25, -0.2) is 0 Å². The number of hydrogen-bond donors (Lipinski definition) is 0. The van der Waals surface area contributed by atoms with Gasteiger partial charge in [-0.1, -0.05) is 117 Å². The van der Waals surface area contributed by atoms with Crippen molar-refractivity contribution in [2.45, 2.75) is 26.7 Å². The number of nitrogens with zero attached hydrogens (tertiary/aromatic N) is 2. The van der Waals surface area contributed by atoms with Gasteiger partial charge in [0.25, 0.3) is 0 Å². The van der Waals surface area contributed by atoms with Gasteiger partial charge >= 0.3 is 0 Å². The molecular formula is C48H36N2O2. The number of pyridine rings is 2. The van der Waals surface area contributed by atoms with Gasteiger partial charge in [0.05, 0.1) is 11.4 Å². The van der Waals surface area contributed by atoms with Crippen molar-refractivity contribution in [3.05, 3.63) is 164 Å². The summed E-state index contributed by atoms with van der Waals surface area (Å²) in [6.45, 7) is 10.5. The van der Waals surface area contributed by atoms with E-state index in [4.69, 9.17) is 13.8 Å². The highest BCUT2D eigenvalue weighted by Gasteiger charge is 2.16. The van der Waals surface area contributed by atoms with Crippen molar-refractivity contribution in [2.75, 3.05) is 0 Å². The SMILES string of the molecule is C=C(C)c1ccc2c(-c3cccc4c3oc3ccccc34)nccc2c1.CC(C)c1ccc2c(-c3cccc4c3oc3ccccc34)nccc2c1. The first-order valence-electron chi connectivity index (χ1n) is 17.7. The Morgan fingerprint density at radius 1 is 0.519 bits per heavy atom. The minimum absolute atomic E-state index is 0.509. The van der Waals surface area contributed by atoms with Crippen LogP contribution in [0.3, 0.4) is 0 Å². The maximum absolute atomic E-state index is 6.21. The van der Waals surface area contributed by atoms with Crippen LogP contribution in [0.25, 0.3) is 93.5 Å². The van der Waals surface area contributed by atoms with Crippen LogP contribution in [0.1, 0.15) is 37.8 Å². The third-order valence-corrected chi connectivity index (χ3v) is 10.0. The Hall–Kier alpha value is -6.52. The molecule has 0 atom stereocenters. The van der Waals surface area contributed by atoms with E-state index in [1.807, 2.05) is 61.8 Å². The molecule has 0 bridgehead atoms. The molecule has 0 aliphatic carbocycles. The lowest BCUT2D eigenvalue weighted by molar-refractivity contribution is 0.669. The van der Waals surface area contributed by atoms with Crippen LogP contribution in [0.5, 0.6) is 0 Å². The maximum Gasteiger partial charge on any atom is 0.144 e. The molecule has 0 radical (unpaired) electrons. The molecule has 4 nitrogen and oxygen atoms in total. The summed E-state index contributed by atoms with van der Waals surface area (Å²) in [5.41, 5.74) is 11.1. The Morgan fingerprint density at radius 3 is 1.56 bits per heavy atom. The highest BCUT2D eigenvalue weighted by atomic mass is 16.3. The first-order chi connectivity index (χ1) is 25.4. The van der Waals surface area contributed by atoms with Gasteiger partial charge in [-0.3, -0.25) is 9.97 Å². The molecule has 0 fully saturated rings. The summed E-state index contributed by atoms with van der Waals surface area (Å²) in [7, 11) is 0. The Bertz CT molecular complexity index is 2980. The number of allylic oxidation sites excluding steroid dienone is 1. The van der Waals surface area contributed by atoms with Gasteiger partial charge < -0.3 is 8.83 Å². The van der Waals surface area contributed by atoms with Crippen molar-refractivity contribution in [1.29, 1.82) is 0 Å². The van der Waals surface area contributed by atoms with Crippen LogP contribution in [0.4, 0.5) is 0 Å². The Labute approximate surface area is 301 Å². The predicted molar refractivity (Wildman–Crippen MR) is 218 cm³/mol. The molecule has 0 N–H and O–H groups in total. The number of furan rings is 2. The third kappa shape index (κ3) is 5.32. The maximum atomic E-state index is 6.21. The average Bonchev–Trinajstić information content (AvgIpc) is 3.76. The smallest absolute Gasteiger partial charge is 0.144 e. The van der Waals surface area contributed by atoms with E-state index in [1.165, 1.54) is 10.9 Å². The number of aromatic nitrogens is 2. The summed E-state index contributed by atoms with van der Waals surface area (Å²) in [6.07, 6.45) is 3.75. The molecule has 0 saturated heterocycles. The van der Waals surface area contributed by atoms with E-state index < -0.39 is 0 Å². The lowest BCUT2D eigenvalue weighted by Crippen LogP contribution is -1.90. The van der Waals surface area contributed by atoms with Crippen LogP contribution in [0, 0.1) is 0 Å². The molecule has 0 unspecified atom stereocenters. The zero-order valence-corrected chi connectivity index (χ0v) is 29.4. The monoisotopic (exact) mass is 672 g/mol. The molecule has 52 heavy (non-hydrogen) atoms. The summed E-state index contributed by atoms with van der Waals surface area (Å²) in [6, 6.07) is 46.1. The van der Waals surface area contributed by atoms with Crippen LogP contribution in [0.2, 0.25) is 0 Å². The molecule has 10 aromatic rings. The number of rotatable bonds is 4. The van der Waals surface area contributed by atoms with E-state index in [0.29, 0.717) is 5.92 Å². The Balaban J connectivity index is 0.000000138. The van der Waals surface area contributed by atoms with Crippen molar-refractivity contribution in [2.24, 2.45) is 0 Å². The first-order valence-corrected chi connectivity index (χ1v) is 17.7. The van der Waals surface area contributed by atoms with Gasteiger partial charge in [0, 0.05) is 55.8 Å². The van der Waals surface area contributed by atoms with E-state index in [0.717, 1.165) is 93.7 Å². The summed E-state index contributed by atoms with van der Waals surface area (Å²) in [5, 5.41) is 9.18. The van der Waals surface area contributed by atoms with Crippen LogP contribution >= 0.6 is 0 Å². The van der Waals surface area contributed by atoms with E-state index in [-0.39, 0.29) is 0 Å². The van der Waals surface area contributed by atoms with E-state index >= 15 is 0 Å². The second-order valence-corrected chi connectivity index (χ2v) is 13.7. The number of hydrogen-bond acceptors (Lipinski definition) is 4. The fraction of sp³-hybridized carbons (Fsp3) is 0.0833. The molecule has 0 saturated carbocycles. The van der Waals surface area contributed by atoms with Crippen LogP contribution in [-0.2, 0) is 0 Å². The zero-order chi connectivity index (χ0) is 35.3. The van der Waals surface area contributed by atoms with Crippen molar-refractivity contribution in [3.8, 4) is 22.5 Å². The van der Waals surface area contributed by atoms with Gasteiger partial charge in [-0.05, 0) is 77.2 Å². The normalized spacial score (nSPS) is 11.6. The lowest BCUT2D eigenvalue weighted by Gasteiger charge is -2.10. The van der Waals surface area contributed by atoms with Crippen molar-refractivity contribution in [1.82, 2.24) is 9.97 Å². The summed E-state index contributed by atoms with van der Waals surface area (Å²) >= 11 is 0. The first kappa shape index (κ1) is 31.5. The average molecular weight is 673 g/mol. The van der Waals surface area contributed by atoms with E-state index in [2.05, 4.69) is 116 Å². The standard InChI is InChI=1S/C24H19NO.C24H17NO/c2*1-15(2)16-10-11-18-17(14-16)12-13-25-23(18)21-8-5-7-20-19-6-3-4-9-22(19)26-24(20)21/h3-15H,1-2H3;3-14H,1H2,2H3. The molecule has 0 spiro atoms. The number of benzene rings is 6. The van der Waals surface area contributed by atoms with Gasteiger partial charge in [0.15, 0.2) is 0 Å². The largest absolute Gasteiger partial charge is 0.455 e. The molecule has 10 rings (SSSR count). The molecule has 4 heteroatoms. The summed E-state index contributed by atoms with van der Waals surface area (Å²) in [5.74, 6) is 0.509. The molecule has 0 aliphatic rings. The third-order valence-electron chi connectivity index (χ3n) is 10.0. The summed E-state index contributed by atoms with van der Waals surface area (Å²) in [4.78, 5) is 9.40. The molecule has 0 aliphatic heterocycles.